The Labute approximate surface area is 129 Å². The van der Waals surface area contributed by atoms with E-state index in [2.05, 4.69) is 27.6 Å². The SMILES string of the molecule is Cn1ccnc1C[C@H]1CCCN(Cc2cc(C#N)cs2)C1. The van der Waals surface area contributed by atoms with Crippen molar-refractivity contribution in [2.45, 2.75) is 25.8 Å². The number of hydrogen-bond donors (Lipinski definition) is 0. The average molecular weight is 300 g/mol. The van der Waals surface area contributed by atoms with E-state index in [4.69, 9.17) is 5.26 Å². The van der Waals surface area contributed by atoms with Crippen LogP contribution >= 0.6 is 11.3 Å². The zero-order valence-corrected chi connectivity index (χ0v) is 13.1. The Kier molecular flexibility index (Phi) is 4.37. The van der Waals surface area contributed by atoms with Gasteiger partial charge in [-0.05, 0) is 31.4 Å². The molecule has 0 spiro atoms. The summed E-state index contributed by atoms with van der Waals surface area (Å²) in [6.07, 6.45) is 7.51. The highest BCUT2D eigenvalue weighted by Crippen LogP contribution is 2.23. The van der Waals surface area contributed by atoms with Crippen LogP contribution in [-0.4, -0.2) is 27.5 Å². The van der Waals surface area contributed by atoms with Crippen molar-refractivity contribution < 1.29 is 0 Å². The smallest absolute Gasteiger partial charge is 0.108 e. The predicted octanol–water partition coefficient (Wildman–Crippen LogP) is 2.81. The Morgan fingerprint density at radius 1 is 1.52 bits per heavy atom. The molecule has 0 aromatic carbocycles. The minimum atomic E-state index is 0.690. The molecule has 0 aliphatic carbocycles. The summed E-state index contributed by atoms with van der Waals surface area (Å²) in [7, 11) is 2.07. The highest BCUT2D eigenvalue weighted by molar-refractivity contribution is 7.10. The molecule has 110 valence electrons. The molecule has 0 N–H and O–H groups in total. The van der Waals surface area contributed by atoms with Crippen molar-refractivity contribution in [2.75, 3.05) is 13.1 Å². The van der Waals surface area contributed by atoms with E-state index >= 15 is 0 Å². The van der Waals surface area contributed by atoms with E-state index in [1.54, 1.807) is 11.3 Å². The Morgan fingerprint density at radius 3 is 3.14 bits per heavy atom. The van der Waals surface area contributed by atoms with E-state index in [-0.39, 0.29) is 0 Å². The highest BCUT2D eigenvalue weighted by Gasteiger charge is 2.21. The lowest BCUT2D eigenvalue weighted by atomic mass is 9.94. The van der Waals surface area contributed by atoms with Gasteiger partial charge in [0, 0.05) is 49.2 Å². The molecule has 3 rings (SSSR count). The van der Waals surface area contributed by atoms with Crippen molar-refractivity contribution >= 4 is 11.3 Å². The first-order chi connectivity index (χ1) is 10.2. The number of aryl methyl sites for hydroxylation is 1. The van der Waals surface area contributed by atoms with E-state index in [0.29, 0.717) is 5.92 Å². The van der Waals surface area contributed by atoms with E-state index in [9.17, 15) is 0 Å². The number of thiophene rings is 1. The van der Waals surface area contributed by atoms with Gasteiger partial charge in [-0.25, -0.2) is 4.98 Å². The summed E-state index contributed by atoms with van der Waals surface area (Å²) in [5, 5.41) is 10.9. The van der Waals surface area contributed by atoms with E-state index in [1.165, 1.54) is 23.5 Å². The molecule has 0 radical (unpaired) electrons. The molecule has 4 nitrogen and oxygen atoms in total. The predicted molar refractivity (Wildman–Crippen MR) is 83.9 cm³/mol. The van der Waals surface area contributed by atoms with Gasteiger partial charge < -0.3 is 4.57 Å². The van der Waals surface area contributed by atoms with Gasteiger partial charge in [-0.2, -0.15) is 5.26 Å². The van der Waals surface area contributed by atoms with Gasteiger partial charge in [0.15, 0.2) is 0 Å². The summed E-state index contributed by atoms with van der Waals surface area (Å²) in [5.74, 6) is 1.87. The topological polar surface area (TPSA) is 44.9 Å². The van der Waals surface area contributed by atoms with Crippen molar-refractivity contribution in [3.8, 4) is 6.07 Å². The number of imidazole rings is 1. The largest absolute Gasteiger partial charge is 0.338 e. The lowest BCUT2D eigenvalue weighted by Gasteiger charge is -2.32. The molecule has 5 heteroatoms. The summed E-state index contributed by atoms with van der Waals surface area (Å²) in [4.78, 5) is 8.26. The number of aromatic nitrogens is 2. The number of hydrogen-bond acceptors (Lipinski definition) is 4. The molecule has 0 amide bonds. The Bertz CT molecular complexity index is 637. The molecule has 0 unspecified atom stereocenters. The van der Waals surface area contributed by atoms with E-state index < -0.39 is 0 Å². The maximum Gasteiger partial charge on any atom is 0.108 e. The minimum Gasteiger partial charge on any atom is -0.338 e. The number of nitrogens with zero attached hydrogens (tertiary/aromatic N) is 4. The van der Waals surface area contributed by atoms with Crippen LogP contribution in [-0.2, 0) is 20.0 Å². The normalized spacial score (nSPS) is 19.5. The lowest BCUT2D eigenvalue weighted by molar-refractivity contribution is 0.166. The molecule has 0 saturated carbocycles. The van der Waals surface area contributed by atoms with Crippen LogP contribution in [0.4, 0.5) is 0 Å². The van der Waals surface area contributed by atoms with Crippen molar-refractivity contribution in [1.29, 1.82) is 5.26 Å². The fraction of sp³-hybridized carbons (Fsp3) is 0.500. The van der Waals surface area contributed by atoms with Crippen LogP contribution in [0.15, 0.2) is 23.8 Å². The van der Waals surface area contributed by atoms with Crippen LogP contribution in [0.3, 0.4) is 0 Å². The molecule has 1 fully saturated rings. The minimum absolute atomic E-state index is 0.690. The average Bonchev–Trinajstić information content (AvgIpc) is 3.09. The van der Waals surface area contributed by atoms with Crippen molar-refractivity contribution in [3.05, 3.63) is 40.1 Å². The molecule has 1 saturated heterocycles. The molecular weight excluding hydrogens is 280 g/mol. The fourth-order valence-corrected chi connectivity index (χ4v) is 3.91. The van der Waals surface area contributed by atoms with Crippen molar-refractivity contribution in [3.63, 3.8) is 0 Å². The molecule has 2 aromatic rings. The van der Waals surface area contributed by atoms with E-state index in [0.717, 1.165) is 31.6 Å². The van der Waals surface area contributed by atoms with Gasteiger partial charge in [-0.15, -0.1) is 11.3 Å². The Balaban J connectivity index is 1.58. The summed E-state index contributed by atoms with van der Waals surface area (Å²) in [5.41, 5.74) is 0.788. The van der Waals surface area contributed by atoms with Crippen LogP contribution in [0.5, 0.6) is 0 Å². The lowest BCUT2D eigenvalue weighted by Crippen LogP contribution is -2.35. The Hall–Kier alpha value is -1.64. The van der Waals surface area contributed by atoms with Crippen LogP contribution < -0.4 is 0 Å². The van der Waals surface area contributed by atoms with Gasteiger partial charge in [-0.1, -0.05) is 0 Å². The fourth-order valence-electron chi connectivity index (χ4n) is 3.06. The molecule has 2 aromatic heterocycles. The summed E-state index contributed by atoms with van der Waals surface area (Å²) < 4.78 is 2.12. The first-order valence-electron chi connectivity index (χ1n) is 7.40. The highest BCUT2D eigenvalue weighted by atomic mass is 32.1. The quantitative estimate of drug-likeness (QED) is 0.872. The third-order valence-corrected chi connectivity index (χ3v) is 5.08. The maximum atomic E-state index is 8.90. The van der Waals surface area contributed by atoms with Crippen LogP contribution in [0.1, 0.15) is 29.1 Å². The zero-order chi connectivity index (χ0) is 14.7. The number of likely N-dealkylation sites (tertiary alicyclic amines) is 1. The first kappa shape index (κ1) is 14.3. The second kappa shape index (κ2) is 6.42. The summed E-state index contributed by atoms with van der Waals surface area (Å²) >= 11 is 1.70. The molecule has 3 heterocycles. The van der Waals surface area contributed by atoms with Crippen LogP contribution in [0.25, 0.3) is 0 Å². The van der Waals surface area contributed by atoms with Gasteiger partial charge in [0.2, 0.25) is 0 Å². The van der Waals surface area contributed by atoms with Crippen molar-refractivity contribution in [1.82, 2.24) is 14.5 Å². The molecule has 1 aliphatic heterocycles. The van der Waals surface area contributed by atoms with Gasteiger partial charge in [-0.3, -0.25) is 4.90 Å². The standard InChI is InChI=1S/C16H20N4S/c1-19-6-4-18-16(19)8-13-3-2-5-20(10-13)11-15-7-14(9-17)12-21-15/h4,6-7,12-13H,2-3,5,8,10-11H2,1H3/t13-/m1/s1. The van der Waals surface area contributed by atoms with Gasteiger partial charge in [0.25, 0.3) is 0 Å². The maximum absolute atomic E-state index is 8.90. The number of piperidine rings is 1. The molecule has 21 heavy (non-hydrogen) atoms. The second-order valence-electron chi connectivity index (χ2n) is 5.82. The third kappa shape index (κ3) is 3.52. The van der Waals surface area contributed by atoms with Gasteiger partial charge in [0.05, 0.1) is 5.56 Å². The molecular formula is C16H20N4S. The van der Waals surface area contributed by atoms with Gasteiger partial charge in [0.1, 0.15) is 11.9 Å². The first-order valence-corrected chi connectivity index (χ1v) is 8.28. The Morgan fingerprint density at radius 2 is 2.43 bits per heavy atom. The van der Waals surface area contributed by atoms with Crippen molar-refractivity contribution in [2.24, 2.45) is 13.0 Å². The zero-order valence-electron chi connectivity index (χ0n) is 12.3. The summed E-state index contributed by atoms with van der Waals surface area (Å²) in [6, 6.07) is 4.23. The molecule has 1 atom stereocenters. The van der Waals surface area contributed by atoms with Crippen LogP contribution in [0.2, 0.25) is 0 Å². The monoisotopic (exact) mass is 300 g/mol. The third-order valence-electron chi connectivity index (χ3n) is 4.16. The molecule has 1 aliphatic rings. The number of nitriles is 1. The summed E-state index contributed by atoms with van der Waals surface area (Å²) in [6.45, 7) is 3.27. The van der Waals surface area contributed by atoms with Crippen LogP contribution in [0, 0.1) is 17.2 Å². The van der Waals surface area contributed by atoms with Gasteiger partial charge >= 0.3 is 0 Å². The number of rotatable bonds is 4. The second-order valence-corrected chi connectivity index (χ2v) is 6.81. The van der Waals surface area contributed by atoms with E-state index in [1.807, 2.05) is 23.8 Å². The molecule has 0 bridgehead atoms.